The summed E-state index contributed by atoms with van der Waals surface area (Å²) in [7, 11) is 1.86. The highest BCUT2D eigenvalue weighted by molar-refractivity contribution is 5.59. The van der Waals surface area contributed by atoms with Crippen LogP contribution in [0.1, 0.15) is 31.2 Å². The molecule has 8 nitrogen and oxygen atoms in total. The van der Waals surface area contributed by atoms with Crippen molar-refractivity contribution in [3.8, 4) is 22.7 Å². The molecular weight excluding hydrogens is 366 g/mol. The minimum absolute atomic E-state index is 0.352. The van der Waals surface area contributed by atoms with Gasteiger partial charge in [0, 0.05) is 31.2 Å². The van der Waals surface area contributed by atoms with Crippen molar-refractivity contribution in [2.45, 2.75) is 25.2 Å². The summed E-state index contributed by atoms with van der Waals surface area (Å²) in [6.07, 6.45) is 9.50. The molecular formula is C21H21N7O. The third kappa shape index (κ3) is 3.06. The highest BCUT2D eigenvalue weighted by atomic mass is 16.5. The first-order chi connectivity index (χ1) is 14.0. The Morgan fingerprint density at radius 2 is 1.93 bits per heavy atom. The second-order valence-electron chi connectivity index (χ2n) is 7.71. The van der Waals surface area contributed by atoms with Crippen molar-refractivity contribution in [2.24, 2.45) is 13.0 Å². The monoisotopic (exact) mass is 387 g/mol. The molecule has 1 fully saturated rings. The second kappa shape index (κ2) is 6.51. The fourth-order valence-corrected chi connectivity index (χ4v) is 3.72. The van der Waals surface area contributed by atoms with Crippen molar-refractivity contribution < 1.29 is 4.52 Å². The maximum atomic E-state index is 5.68. The van der Waals surface area contributed by atoms with Gasteiger partial charge in [-0.25, -0.2) is 4.98 Å². The van der Waals surface area contributed by atoms with Crippen molar-refractivity contribution in [2.75, 3.05) is 5.73 Å². The van der Waals surface area contributed by atoms with E-state index in [4.69, 9.17) is 15.2 Å². The van der Waals surface area contributed by atoms with Gasteiger partial charge >= 0.3 is 0 Å². The Labute approximate surface area is 167 Å². The van der Waals surface area contributed by atoms with Gasteiger partial charge in [-0.2, -0.15) is 10.1 Å². The molecule has 1 unspecified atom stereocenters. The fraction of sp³-hybridized carbons (Fsp3) is 0.286. The molecule has 0 spiro atoms. The molecule has 1 aliphatic rings. The summed E-state index contributed by atoms with van der Waals surface area (Å²) in [6, 6.07) is 7.80. The summed E-state index contributed by atoms with van der Waals surface area (Å²) < 4.78 is 7.28. The Hall–Kier alpha value is -3.55. The average molecular weight is 387 g/mol. The van der Waals surface area contributed by atoms with Crippen molar-refractivity contribution in [3.63, 3.8) is 0 Å². The Kier molecular flexibility index (Phi) is 3.94. The predicted octanol–water partition coefficient (Wildman–Crippen LogP) is 3.23. The quantitative estimate of drug-likeness (QED) is 0.560. The van der Waals surface area contributed by atoms with Crippen LogP contribution in [0, 0.1) is 5.92 Å². The molecule has 2 N–H and O–H groups in total. The van der Waals surface area contributed by atoms with E-state index in [9.17, 15) is 0 Å². The van der Waals surface area contributed by atoms with E-state index in [1.54, 1.807) is 23.1 Å². The van der Waals surface area contributed by atoms with Gasteiger partial charge in [-0.3, -0.25) is 9.67 Å². The Bertz CT molecular complexity index is 1140. The average Bonchev–Trinajstić information content (AvgIpc) is 3.32. The molecule has 146 valence electrons. The Morgan fingerprint density at radius 1 is 1.07 bits per heavy atom. The maximum absolute atomic E-state index is 5.68. The maximum Gasteiger partial charge on any atom is 0.261 e. The van der Waals surface area contributed by atoms with Gasteiger partial charge in [0.1, 0.15) is 5.82 Å². The lowest BCUT2D eigenvalue weighted by molar-refractivity contribution is 0.386. The van der Waals surface area contributed by atoms with Crippen LogP contribution in [0.2, 0.25) is 0 Å². The van der Waals surface area contributed by atoms with Crippen LogP contribution in [-0.2, 0) is 12.5 Å². The van der Waals surface area contributed by atoms with E-state index in [2.05, 4.69) is 33.2 Å². The fourth-order valence-electron chi connectivity index (χ4n) is 3.72. The summed E-state index contributed by atoms with van der Waals surface area (Å²) in [5.74, 6) is 2.13. The Balaban J connectivity index is 1.50. The first kappa shape index (κ1) is 17.5. The number of hydrogen-bond acceptors (Lipinski definition) is 7. The molecule has 0 saturated heterocycles. The summed E-state index contributed by atoms with van der Waals surface area (Å²) in [5, 5.41) is 8.51. The first-order valence-electron chi connectivity index (χ1n) is 9.55. The topological polar surface area (TPSA) is 109 Å². The van der Waals surface area contributed by atoms with Gasteiger partial charge in [-0.15, -0.1) is 0 Å². The summed E-state index contributed by atoms with van der Waals surface area (Å²) in [5.41, 5.74) is 8.99. The lowest BCUT2D eigenvalue weighted by Crippen LogP contribution is -2.28. The Morgan fingerprint density at radius 3 is 2.55 bits per heavy atom. The number of aryl methyl sites for hydroxylation is 1. The predicted molar refractivity (Wildman–Crippen MR) is 108 cm³/mol. The molecule has 1 aliphatic carbocycles. The van der Waals surface area contributed by atoms with Gasteiger partial charge in [0.15, 0.2) is 5.82 Å². The molecule has 0 bridgehead atoms. The van der Waals surface area contributed by atoms with E-state index in [0.29, 0.717) is 23.5 Å². The highest BCUT2D eigenvalue weighted by Crippen LogP contribution is 2.50. The lowest BCUT2D eigenvalue weighted by Gasteiger charge is -2.26. The smallest absolute Gasteiger partial charge is 0.261 e. The van der Waals surface area contributed by atoms with E-state index in [0.717, 1.165) is 35.2 Å². The molecule has 0 radical (unpaired) electrons. The molecule has 1 atom stereocenters. The van der Waals surface area contributed by atoms with Crippen LogP contribution < -0.4 is 5.73 Å². The molecule has 4 heterocycles. The number of aromatic nitrogens is 6. The van der Waals surface area contributed by atoms with Crippen molar-refractivity contribution in [1.82, 2.24) is 29.9 Å². The molecule has 0 amide bonds. The van der Waals surface area contributed by atoms with Crippen molar-refractivity contribution in [3.05, 3.63) is 60.4 Å². The lowest BCUT2D eigenvalue weighted by atomic mass is 9.77. The molecule has 0 aliphatic heterocycles. The standard InChI is InChI=1S/C21H21N7O/c1-21(15-4-5-15,20-26-19(29-27-20)14-10-25-28(2)12-14)16-6-7-17(23-11-16)13-3-8-18(22)24-9-13/h3,6-12,15H,4-5H2,1-2H3,(H2,22,24). The van der Waals surface area contributed by atoms with Gasteiger partial charge in [-0.05, 0) is 49.4 Å². The van der Waals surface area contributed by atoms with E-state index >= 15 is 0 Å². The number of hydrogen-bond donors (Lipinski definition) is 1. The highest BCUT2D eigenvalue weighted by Gasteiger charge is 2.47. The third-order valence-corrected chi connectivity index (χ3v) is 5.68. The van der Waals surface area contributed by atoms with Gasteiger partial charge < -0.3 is 10.3 Å². The van der Waals surface area contributed by atoms with Crippen molar-refractivity contribution in [1.29, 1.82) is 0 Å². The van der Waals surface area contributed by atoms with E-state index in [-0.39, 0.29) is 5.41 Å². The van der Waals surface area contributed by atoms with E-state index < -0.39 is 0 Å². The summed E-state index contributed by atoms with van der Waals surface area (Å²) >= 11 is 0. The minimum Gasteiger partial charge on any atom is -0.384 e. The molecule has 4 aromatic heterocycles. The van der Waals surface area contributed by atoms with Crippen molar-refractivity contribution >= 4 is 5.82 Å². The van der Waals surface area contributed by atoms with Gasteiger partial charge in [0.2, 0.25) is 0 Å². The summed E-state index contributed by atoms with van der Waals surface area (Å²) in [6.45, 7) is 2.17. The van der Waals surface area contributed by atoms with Crippen LogP contribution in [0.3, 0.4) is 0 Å². The van der Waals surface area contributed by atoms with Gasteiger partial charge in [-0.1, -0.05) is 11.2 Å². The first-order valence-corrected chi connectivity index (χ1v) is 9.55. The normalized spacial score (nSPS) is 15.9. The zero-order valence-corrected chi connectivity index (χ0v) is 16.3. The van der Waals surface area contributed by atoms with Crippen LogP contribution in [0.15, 0.2) is 53.6 Å². The SMILES string of the molecule is Cn1cc(-c2nc(C(C)(c3ccc(-c4ccc(N)nc4)nc3)C3CC3)no2)cn1. The zero-order chi connectivity index (χ0) is 20.0. The van der Waals surface area contributed by atoms with Gasteiger partial charge in [0.05, 0.1) is 22.9 Å². The summed E-state index contributed by atoms with van der Waals surface area (Å²) in [4.78, 5) is 13.5. The number of nitrogens with two attached hydrogens (primary N) is 1. The minimum atomic E-state index is -0.352. The molecule has 29 heavy (non-hydrogen) atoms. The van der Waals surface area contributed by atoms with E-state index in [1.807, 2.05) is 31.6 Å². The third-order valence-electron chi connectivity index (χ3n) is 5.68. The number of anilines is 1. The van der Waals surface area contributed by atoms with Crippen LogP contribution in [0.4, 0.5) is 5.82 Å². The number of pyridine rings is 2. The molecule has 4 aromatic rings. The van der Waals surface area contributed by atoms with Crippen LogP contribution in [-0.4, -0.2) is 29.9 Å². The van der Waals surface area contributed by atoms with E-state index in [1.165, 1.54) is 0 Å². The second-order valence-corrected chi connectivity index (χ2v) is 7.71. The molecule has 0 aromatic carbocycles. The number of nitrogen functional groups attached to an aromatic ring is 1. The number of nitrogens with zero attached hydrogens (tertiary/aromatic N) is 6. The number of rotatable bonds is 5. The van der Waals surface area contributed by atoms with Crippen LogP contribution in [0.25, 0.3) is 22.7 Å². The van der Waals surface area contributed by atoms with Gasteiger partial charge in [0.25, 0.3) is 5.89 Å². The molecule has 5 rings (SSSR count). The molecule has 8 heteroatoms. The van der Waals surface area contributed by atoms with Crippen LogP contribution >= 0.6 is 0 Å². The molecule has 1 saturated carbocycles. The van der Waals surface area contributed by atoms with Crippen LogP contribution in [0.5, 0.6) is 0 Å². The zero-order valence-electron chi connectivity index (χ0n) is 16.3. The largest absolute Gasteiger partial charge is 0.384 e.